The molecule has 2 unspecified atom stereocenters. The summed E-state index contributed by atoms with van der Waals surface area (Å²) in [5.41, 5.74) is 9.29. The Bertz CT molecular complexity index is 411. The van der Waals surface area contributed by atoms with Gasteiger partial charge in [-0.1, -0.05) is 37.6 Å². The van der Waals surface area contributed by atoms with Gasteiger partial charge in [-0.2, -0.15) is 0 Å². The van der Waals surface area contributed by atoms with Gasteiger partial charge in [0.25, 0.3) is 0 Å². The largest absolute Gasteiger partial charge is 0.323 e. The molecule has 0 bridgehead atoms. The van der Waals surface area contributed by atoms with E-state index in [2.05, 4.69) is 36.1 Å². The Balaban J connectivity index is 1.72. The van der Waals surface area contributed by atoms with Crippen LogP contribution in [0.25, 0.3) is 0 Å². The van der Waals surface area contributed by atoms with Gasteiger partial charge >= 0.3 is 0 Å². The highest BCUT2D eigenvalue weighted by Gasteiger charge is 2.34. The van der Waals surface area contributed by atoms with E-state index in [1.807, 2.05) is 0 Å². The molecule has 0 heterocycles. The Hall–Kier alpha value is -0.860. The molecule has 0 amide bonds. The summed E-state index contributed by atoms with van der Waals surface area (Å²) in [7, 11) is 0. The van der Waals surface area contributed by atoms with Crippen molar-refractivity contribution < 1.29 is 0 Å². The molecule has 0 aromatic heterocycles. The molecule has 0 spiro atoms. The summed E-state index contributed by atoms with van der Waals surface area (Å²) in [5, 5.41) is 0. The summed E-state index contributed by atoms with van der Waals surface area (Å²) in [5.74, 6) is 0.931. The van der Waals surface area contributed by atoms with Gasteiger partial charge in [0.2, 0.25) is 0 Å². The van der Waals surface area contributed by atoms with Crippen LogP contribution in [0.1, 0.15) is 43.4 Å². The van der Waals surface area contributed by atoms with Crippen LogP contribution >= 0.6 is 0 Å². The maximum Gasteiger partial charge on any atom is 0.0459 e. The van der Waals surface area contributed by atoms with Gasteiger partial charge in [0.15, 0.2) is 0 Å². The number of hydrogen-bond acceptors (Lipinski definition) is 2. The second-order valence-corrected chi connectivity index (χ2v) is 5.88. The van der Waals surface area contributed by atoms with Gasteiger partial charge in [0.1, 0.15) is 0 Å². The van der Waals surface area contributed by atoms with E-state index in [1.54, 1.807) is 0 Å². The molecule has 2 aliphatic carbocycles. The molecule has 0 radical (unpaired) electrons. The quantitative estimate of drug-likeness (QED) is 0.882. The summed E-state index contributed by atoms with van der Waals surface area (Å²) < 4.78 is 0. The minimum atomic E-state index is 0.209. The van der Waals surface area contributed by atoms with E-state index < -0.39 is 0 Å². The first-order valence-corrected chi connectivity index (χ1v) is 7.37. The third-order valence-electron chi connectivity index (χ3n) is 4.85. The van der Waals surface area contributed by atoms with Crippen LogP contribution < -0.4 is 5.73 Å². The second-order valence-electron chi connectivity index (χ2n) is 5.88. The number of benzene rings is 1. The average Bonchev–Trinajstić information content (AvgIpc) is 2.67. The van der Waals surface area contributed by atoms with Gasteiger partial charge in [-0.25, -0.2) is 0 Å². The van der Waals surface area contributed by atoms with Crippen LogP contribution in [-0.2, 0) is 6.42 Å². The predicted octanol–water partition coefficient (Wildman–Crippen LogP) is 2.73. The van der Waals surface area contributed by atoms with E-state index in [4.69, 9.17) is 5.73 Å². The lowest BCUT2D eigenvalue weighted by atomic mass is 9.84. The Morgan fingerprint density at radius 1 is 1.28 bits per heavy atom. The lowest BCUT2D eigenvalue weighted by molar-refractivity contribution is 0.128. The normalized spacial score (nSPS) is 27.3. The van der Waals surface area contributed by atoms with Crippen LogP contribution in [0.5, 0.6) is 0 Å². The molecule has 1 saturated carbocycles. The molecule has 2 atom stereocenters. The van der Waals surface area contributed by atoms with Crippen molar-refractivity contribution in [2.45, 2.75) is 44.7 Å². The van der Waals surface area contributed by atoms with E-state index in [1.165, 1.54) is 36.9 Å². The summed E-state index contributed by atoms with van der Waals surface area (Å²) in [6.45, 7) is 4.65. The fourth-order valence-corrected chi connectivity index (χ4v) is 3.47. The number of hydrogen-bond donors (Lipinski definition) is 1. The van der Waals surface area contributed by atoms with Gasteiger partial charge in [0.05, 0.1) is 0 Å². The maximum atomic E-state index is 6.46. The third kappa shape index (κ3) is 2.08. The minimum absolute atomic E-state index is 0.209. The smallest absolute Gasteiger partial charge is 0.0459 e. The van der Waals surface area contributed by atoms with Crippen molar-refractivity contribution in [2.75, 3.05) is 13.1 Å². The standard InChI is InChI=1S/C16H24N2/c1-2-18(11-12-6-5-7-12)15-10-13-8-3-4-9-14(13)16(15)17/h3-4,8-9,12,15-16H,2,5-7,10-11,17H2,1H3. The van der Waals surface area contributed by atoms with Crippen molar-refractivity contribution in [2.24, 2.45) is 11.7 Å². The van der Waals surface area contributed by atoms with Gasteiger partial charge < -0.3 is 5.73 Å². The molecule has 2 heteroatoms. The van der Waals surface area contributed by atoms with E-state index in [0.29, 0.717) is 6.04 Å². The lowest BCUT2D eigenvalue weighted by Gasteiger charge is -2.36. The fraction of sp³-hybridized carbons (Fsp3) is 0.625. The average molecular weight is 244 g/mol. The van der Waals surface area contributed by atoms with E-state index in [9.17, 15) is 0 Å². The number of rotatable bonds is 4. The molecule has 0 aliphatic heterocycles. The topological polar surface area (TPSA) is 29.3 Å². The molecule has 2 nitrogen and oxygen atoms in total. The van der Waals surface area contributed by atoms with Crippen LogP contribution in [0.3, 0.4) is 0 Å². The van der Waals surface area contributed by atoms with Crippen molar-refractivity contribution >= 4 is 0 Å². The van der Waals surface area contributed by atoms with Crippen LogP contribution in [0.15, 0.2) is 24.3 Å². The first-order valence-electron chi connectivity index (χ1n) is 7.37. The van der Waals surface area contributed by atoms with Crippen LogP contribution in [-0.4, -0.2) is 24.0 Å². The minimum Gasteiger partial charge on any atom is -0.323 e. The fourth-order valence-electron chi connectivity index (χ4n) is 3.47. The molecule has 1 aromatic carbocycles. The zero-order valence-electron chi connectivity index (χ0n) is 11.3. The van der Waals surface area contributed by atoms with Crippen molar-refractivity contribution in [3.8, 4) is 0 Å². The van der Waals surface area contributed by atoms with E-state index in [0.717, 1.165) is 18.9 Å². The van der Waals surface area contributed by atoms with Crippen LogP contribution in [0, 0.1) is 5.92 Å². The number of likely N-dealkylation sites (N-methyl/N-ethyl adjacent to an activating group) is 1. The van der Waals surface area contributed by atoms with Crippen molar-refractivity contribution in [3.63, 3.8) is 0 Å². The Kier molecular flexibility index (Phi) is 3.40. The molecule has 3 rings (SSSR count). The molecular weight excluding hydrogens is 220 g/mol. The Labute approximate surface area is 110 Å². The zero-order valence-corrected chi connectivity index (χ0v) is 11.3. The summed E-state index contributed by atoms with van der Waals surface area (Å²) >= 11 is 0. The summed E-state index contributed by atoms with van der Waals surface area (Å²) in [6.07, 6.45) is 5.41. The van der Waals surface area contributed by atoms with Gasteiger partial charge in [-0.3, -0.25) is 4.90 Å². The lowest BCUT2D eigenvalue weighted by Crippen LogP contribution is -2.44. The van der Waals surface area contributed by atoms with Gasteiger partial charge in [-0.05, 0) is 42.9 Å². The first kappa shape index (κ1) is 12.2. The SMILES string of the molecule is CCN(CC1CCC1)C1Cc2ccccc2C1N. The molecule has 2 aliphatic rings. The molecule has 18 heavy (non-hydrogen) atoms. The third-order valence-corrected chi connectivity index (χ3v) is 4.85. The number of nitrogens with zero attached hydrogens (tertiary/aromatic N) is 1. The molecule has 98 valence electrons. The predicted molar refractivity (Wildman–Crippen MR) is 75.5 cm³/mol. The second kappa shape index (κ2) is 5.02. The van der Waals surface area contributed by atoms with Gasteiger partial charge in [0, 0.05) is 18.6 Å². The maximum absolute atomic E-state index is 6.46. The summed E-state index contributed by atoms with van der Waals surface area (Å²) in [4.78, 5) is 2.62. The van der Waals surface area contributed by atoms with Crippen LogP contribution in [0.2, 0.25) is 0 Å². The summed E-state index contributed by atoms with van der Waals surface area (Å²) in [6, 6.07) is 9.43. The highest BCUT2D eigenvalue weighted by atomic mass is 15.2. The first-order chi connectivity index (χ1) is 8.79. The molecule has 2 N–H and O–H groups in total. The van der Waals surface area contributed by atoms with E-state index in [-0.39, 0.29) is 6.04 Å². The molecular formula is C16H24N2. The van der Waals surface area contributed by atoms with Gasteiger partial charge in [-0.15, -0.1) is 0 Å². The van der Waals surface area contributed by atoms with Crippen LogP contribution in [0.4, 0.5) is 0 Å². The highest BCUT2D eigenvalue weighted by molar-refractivity contribution is 5.36. The monoisotopic (exact) mass is 244 g/mol. The Morgan fingerprint density at radius 3 is 2.67 bits per heavy atom. The Morgan fingerprint density at radius 2 is 2.06 bits per heavy atom. The zero-order chi connectivity index (χ0) is 12.5. The molecule has 1 fully saturated rings. The number of nitrogens with two attached hydrogens (primary N) is 1. The van der Waals surface area contributed by atoms with E-state index >= 15 is 0 Å². The van der Waals surface area contributed by atoms with Crippen molar-refractivity contribution in [3.05, 3.63) is 35.4 Å². The number of fused-ring (bicyclic) bond motifs is 1. The van der Waals surface area contributed by atoms with Crippen molar-refractivity contribution in [1.29, 1.82) is 0 Å². The molecule has 0 saturated heterocycles. The molecule has 1 aromatic rings. The highest BCUT2D eigenvalue weighted by Crippen LogP contribution is 2.35. The van der Waals surface area contributed by atoms with Crippen molar-refractivity contribution in [1.82, 2.24) is 4.90 Å².